The van der Waals surface area contributed by atoms with Crippen LogP contribution in [0.15, 0.2) is 35.1 Å². The fraction of sp³-hybridized carbons (Fsp3) is 0. The topological polar surface area (TPSA) is 78.2 Å². The number of benzene rings is 1. The molecule has 0 atom stereocenters. The van der Waals surface area contributed by atoms with Gasteiger partial charge in [-0.05, 0) is 22.0 Å². The van der Waals surface area contributed by atoms with E-state index < -0.39 is 4.92 Å². The van der Waals surface area contributed by atoms with Gasteiger partial charge in [-0.25, -0.2) is 4.98 Å². The van der Waals surface area contributed by atoms with Crippen molar-refractivity contribution >= 4 is 33.2 Å². The Labute approximate surface area is 115 Å². The SMILES string of the molecule is O=[N+]([O-])c1ccccc1Oc1cc(Cl)nc(Br)n1. The number of aromatic nitrogens is 2. The lowest BCUT2D eigenvalue weighted by Crippen LogP contribution is -1.95. The minimum atomic E-state index is -0.535. The Morgan fingerprint density at radius 3 is 2.72 bits per heavy atom. The number of nitro groups is 1. The second-order valence-electron chi connectivity index (χ2n) is 3.12. The van der Waals surface area contributed by atoms with Crippen molar-refractivity contribution in [2.24, 2.45) is 0 Å². The van der Waals surface area contributed by atoms with Crippen molar-refractivity contribution in [3.05, 3.63) is 50.3 Å². The number of rotatable bonds is 3. The Morgan fingerprint density at radius 1 is 1.33 bits per heavy atom. The van der Waals surface area contributed by atoms with Gasteiger partial charge in [-0.3, -0.25) is 10.1 Å². The summed E-state index contributed by atoms with van der Waals surface area (Å²) in [5.41, 5.74) is -0.150. The van der Waals surface area contributed by atoms with Gasteiger partial charge in [0.2, 0.25) is 16.4 Å². The molecule has 1 aromatic heterocycles. The molecule has 0 unspecified atom stereocenters. The third-order valence-electron chi connectivity index (χ3n) is 1.92. The smallest absolute Gasteiger partial charge is 0.311 e. The van der Waals surface area contributed by atoms with Crippen LogP contribution < -0.4 is 4.74 Å². The van der Waals surface area contributed by atoms with Gasteiger partial charge in [0, 0.05) is 12.1 Å². The molecule has 0 aliphatic heterocycles. The number of ether oxygens (including phenoxy) is 1. The molecule has 0 amide bonds. The average Bonchev–Trinajstić information content (AvgIpc) is 2.27. The van der Waals surface area contributed by atoms with E-state index in [0.29, 0.717) is 0 Å². The van der Waals surface area contributed by atoms with Crippen LogP contribution in [-0.4, -0.2) is 14.9 Å². The van der Waals surface area contributed by atoms with Crippen molar-refractivity contribution < 1.29 is 9.66 Å². The Morgan fingerprint density at radius 2 is 2.06 bits per heavy atom. The quantitative estimate of drug-likeness (QED) is 0.372. The summed E-state index contributed by atoms with van der Waals surface area (Å²) in [6, 6.07) is 7.35. The van der Waals surface area contributed by atoms with Crippen molar-refractivity contribution in [3.63, 3.8) is 0 Å². The molecule has 0 bridgehead atoms. The lowest BCUT2D eigenvalue weighted by atomic mass is 10.3. The molecule has 0 aliphatic carbocycles. The number of halogens is 2. The van der Waals surface area contributed by atoms with E-state index in [2.05, 4.69) is 25.9 Å². The monoisotopic (exact) mass is 329 g/mol. The normalized spacial score (nSPS) is 10.1. The van der Waals surface area contributed by atoms with Crippen LogP contribution >= 0.6 is 27.5 Å². The van der Waals surface area contributed by atoms with Crippen LogP contribution in [0.2, 0.25) is 5.15 Å². The highest BCUT2D eigenvalue weighted by atomic mass is 79.9. The molecular formula is C10H5BrClN3O3. The van der Waals surface area contributed by atoms with Gasteiger partial charge in [-0.15, -0.1) is 0 Å². The summed E-state index contributed by atoms with van der Waals surface area (Å²) < 4.78 is 5.56. The molecule has 0 fully saturated rings. The maximum atomic E-state index is 10.8. The van der Waals surface area contributed by atoms with E-state index in [4.69, 9.17) is 16.3 Å². The number of hydrogen-bond acceptors (Lipinski definition) is 5. The second kappa shape index (κ2) is 5.28. The molecular weight excluding hydrogens is 325 g/mol. The summed E-state index contributed by atoms with van der Waals surface area (Å²) in [5, 5.41) is 11.0. The first-order valence-electron chi connectivity index (χ1n) is 4.67. The Balaban J connectivity index is 2.37. The molecule has 0 radical (unpaired) electrons. The first kappa shape index (κ1) is 12.7. The second-order valence-corrected chi connectivity index (χ2v) is 4.22. The van der Waals surface area contributed by atoms with Gasteiger partial charge in [-0.1, -0.05) is 23.7 Å². The van der Waals surface area contributed by atoms with Crippen molar-refractivity contribution in [3.8, 4) is 11.6 Å². The third kappa shape index (κ3) is 2.93. The van der Waals surface area contributed by atoms with E-state index >= 15 is 0 Å². The first-order valence-corrected chi connectivity index (χ1v) is 5.85. The molecule has 6 nitrogen and oxygen atoms in total. The van der Waals surface area contributed by atoms with Crippen LogP contribution in [0.3, 0.4) is 0 Å². The van der Waals surface area contributed by atoms with Gasteiger partial charge in [0.1, 0.15) is 5.15 Å². The maximum absolute atomic E-state index is 10.8. The molecule has 1 aromatic carbocycles. The summed E-state index contributed by atoms with van der Waals surface area (Å²) in [4.78, 5) is 18.0. The fourth-order valence-electron chi connectivity index (χ4n) is 1.23. The minimum absolute atomic E-state index is 0.0872. The molecule has 0 aliphatic rings. The van der Waals surface area contributed by atoms with Crippen molar-refractivity contribution in [2.75, 3.05) is 0 Å². The first-order chi connectivity index (χ1) is 8.56. The summed E-state index contributed by atoms with van der Waals surface area (Å²) in [7, 11) is 0. The highest BCUT2D eigenvalue weighted by molar-refractivity contribution is 9.10. The van der Waals surface area contributed by atoms with Gasteiger partial charge in [-0.2, -0.15) is 4.98 Å². The molecule has 8 heteroatoms. The standard InChI is InChI=1S/C10H5BrClN3O3/c11-10-13-8(12)5-9(14-10)18-7-4-2-1-3-6(7)15(16)17/h1-5H. The van der Waals surface area contributed by atoms with E-state index in [0.717, 1.165) is 0 Å². The Hall–Kier alpha value is -1.73. The van der Waals surface area contributed by atoms with Gasteiger partial charge >= 0.3 is 5.69 Å². The summed E-state index contributed by atoms with van der Waals surface area (Å²) >= 11 is 8.78. The molecule has 92 valence electrons. The van der Waals surface area contributed by atoms with Gasteiger partial charge in [0.25, 0.3) is 0 Å². The van der Waals surface area contributed by atoms with Crippen molar-refractivity contribution in [2.45, 2.75) is 0 Å². The highest BCUT2D eigenvalue weighted by Crippen LogP contribution is 2.30. The summed E-state index contributed by atoms with van der Waals surface area (Å²) in [6.45, 7) is 0. The van der Waals surface area contributed by atoms with Gasteiger partial charge in [0.15, 0.2) is 0 Å². The molecule has 2 aromatic rings. The zero-order chi connectivity index (χ0) is 13.1. The third-order valence-corrected chi connectivity index (χ3v) is 2.47. The molecule has 0 saturated carbocycles. The molecule has 0 spiro atoms. The number of nitrogens with zero attached hydrogens (tertiary/aromatic N) is 3. The molecule has 1 heterocycles. The maximum Gasteiger partial charge on any atom is 0.311 e. The average molecular weight is 331 g/mol. The molecule has 18 heavy (non-hydrogen) atoms. The van der Waals surface area contributed by atoms with E-state index in [1.807, 2.05) is 0 Å². The van der Waals surface area contributed by atoms with E-state index in [9.17, 15) is 10.1 Å². The number of hydrogen-bond donors (Lipinski definition) is 0. The molecule has 0 saturated heterocycles. The van der Waals surface area contributed by atoms with Crippen LogP contribution in [0, 0.1) is 10.1 Å². The molecule has 2 rings (SSSR count). The van der Waals surface area contributed by atoms with Crippen LogP contribution in [-0.2, 0) is 0 Å². The minimum Gasteiger partial charge on any atom is -0.432 e. The largest absolute Gasteiger partial charge is 0.432 e. The van der Waals surface area contributed by atoms with Crippen LogP contribution in [0.5, 0.6) is 11.6 Å². The van der Waals surface area contributed by atoms with Crippen LogP contribution in [0.1, 0.15) is 0 Å². The summed E-state index contributed by atoms with van der Waals surface area (Å²) in [5.74, 6) is 0.209. The van der Waals surface area contributed by atoms with Crippen molar-refractivity contribution in [1.82, 2.24) is 9.97 Å². The lowest BCUT2D eigenvalue weighted by Gasteiger charge is -2.05. The lowest BCUT2D eigenvalue weighted by molar-refractivity contribution is -0.385. The Bertz CT molecular complexity index is 588. The predicted octanol–water partition coefficient (Wildman–Crippen LogP) is 3.59. The zero-order valence-electron chi connectivity index (χ0n) is 8.71. The van der Waals surface area contributed by atoms with Gasteiger partial charge in [0.05, 0.1) is 4.92 Å². The predicted molar refractivity (Wildman–Crippen MR) is 67.9 cm³/mol. The van der Waals surface area contributed by atoms with Crippen LogP contribution in [0.25, 0.3) is 0 Å². The fourth-order valence-corrected chi connectivity index (χ4v) is 1.87. The van der Waals surface area contributed by atoms with Crippen molar-refractivity contribution in [1.29, 1.82) is 0 Å². The number of nitro benzene ring substituents is 1. The van der Waals surface area contributed by atoms with E-state index in [1.54, 1.807) is 12.1 Å². The Kier molecular flexibility index (Phi) is 3.73. The van der Waals surface area contributed by atoms with Crippen LogP contribution in [0.4, 0.5) is 5.69 Å². The van der Waals surface area contributed by atoms with Gasteiger partial charge < -0.3 is 4.74 Å². The van der Waals surface area contributed by atoms with E-state index in [-0.39, 0.29) is 27.2 Å². The zero-order valence-corrected chi connectivity index (χ0v) is 11.1. The number of para-hydroxylation sites is 2. The highest BCUT2D eigenvalue weighted by Gasteiger charge is 2.15. The molecule has 0 N–H and O–H groups in total. The summed E-state index contributed by atoms with van der Waals surface area (Å²) in [6.07, 6.45) is 0. The van der Waals surface area contributed by atoms with E-state index in [1.165, 1.54) is 18.2 Å².